The Kier molecular flexibility index (Phi) is 80.6. The van der Waals surface area contributed by atoms with Crippen LogP contribution in [0.4, 0.5) is 0 Å². The number of carbonyl (C=O) groups excluding carboxylic acids is 2. The van der Waals surface area contributed by atoms with Crippen LogP contribution in [0.1, 0.15) is 483 Å². The number of carboxylic acid groups (broad SMARTS) is 1. The van der Waals surface area contributed by atoms with Crippen LogP contribution in [0.2, 0.25) is 0 Å². The number of ether oxygens (including phenoxy) is 4. The van der Waals surface area contributed by atoms with Gasteiger partial charge in [0, 0.05) is 12.8 Å². The maximum Gasteiger partial charge on any atom is 0.361 e. The molecule has 0 heterocycles. The molecular weight excluding hydrogens is 1230 g/mol. The first-order valence-corrected chi connectivity index (χ1v) is 45.0. The van der Waals surface area contributed by atoms with Crippen molar-refractivity contribution in [3.8, 4) is 0 Å². The number of hydrogen-bond acceptors (Lipinski definition) is 7. The van der Waals surface area contributed by atoms with E-state index in [0.717, 1.165) is 44.9 Å². The maximum absolute atomic E-state index is 13.0. The predicted molar refractivity (Wildman–Crippen MR) is 434 cm³/mol. The van der Waals surface area contributed by atoms with Crippen LogP contribution in [0, 0.1) is 0 Å². The summed E-state index contributed by atoms with van der Waals surface area (Å²) in [5.41, 5.74) is 0. The molecule has 0 aromatic carbocycles. The summed E-state index contributed by atoms with van der Waals surface area (Å²) in [6.45, 7) is 4.97. The number of carboxylic acids is 1. The third-order valence-corrected chi connectivity index (χ3v) is 21.0. The molecule has 2 atom stereocenters. The number of likely N-dealkylation sites (N-methyl/N-ethyl adjacent to an activating group) is 1. The van der Waals surface area contributed by atoms with E-state index in [4.69, 9.17) is 18.9 Å². The Hall–Kier alpha value is -2.23. The van der Waals surface area contributed by atoms with Gasteiger partial charge in [-0.3, -0.25) is 9.59 Å². The van der Waals surface area contributed by atoms with E-state index in [1.807, 2.05) is 21.1 Å². The van der Waals surface area contributed by atoms with Crippen LogP contribution in [0.3, 0.4) is 0 Å². The minimum atomic E-state index is -1.51. The lowest BCUT2D eigenvalue weighted by Gasteiger charge is -2.25. The van der Waals surface area contributed by atoms with E-state index in [2.05, 4.69) is 38.2 Å². The van der Waals surface area contributed by atoms with Crippen LogP contribution in [0.25, 0.3) is 0 Å². The van der Waals surface area contributed by atoms with Crippen LogP contribution in [0.5, 0.6) is 0 Å². The van der Waals surface area contributed by atoms with Gasteiger partial charge in [0.2, 0.25) is 0 Å². The zero-order chi connectivity index (χ0) is 72.5. The summed E-state index contributed by atoms with van der Waals surface area (Å²) < 4.78 is 23.1. The fraction of sp³-hybridized carbons (Fsp3) is 0.923. The van der Waals surface area contributed by atoms with Gasteiger partial charge in [0.15, 0.2) is 6.10 Å². The van der Waals surface area contributed by atoms with Crippen molar-refractivity contribution in [2.45, 2.75) is 495 Å². The van der Waals surface area contributed by atoms with Gasteiger partial charge in [-0.2, -0.15) is 0 Å². The van der Waals surface area contributed by atoms with Crippen LogP contribution in [-0.2, 0) is 33.3 Å². The van der Waals surface area contributed by atoms with Gasteiger partial charge in [-0.25, -0.2) is 4.79 Å². The van der Waals surface area contributed by atoms with Gasteiger partial charge in [-0.15, -0.1) is 0 Å². The molecule has 0 aliphatic rings. The zero-order valence-electron chi connectivity index (χ0n) is 68.2. The molecule has 0 saturated carbocycles. The quantitative estimate of drug-likeness (QED) is 0.0211. The van der Waals surface area contributed by atoms with Crippen molar-refractivity contribution in [2.75, 3.05) is 47.5 Å². The molecule has 592 valence electrons. The summed E-state index contributed by atoms with van der Waals surface area (Å²) in [4.78, 5) is 37.8. The van der Waals surface area contributed by atoms with Crippen LogP contribution < -0.4 is 0 Å². The first-order chi connectivity index (χ1) is 49.1. The molecule has 0 aliphatic heterocycles. The Balaban J connectivity index is 3.88. The highest BCUT2D eigenvalue weighted by Gasteiger charge is 2.25. The minimum Gasteiger partial charge on any atom is -0.477 e. The Morgan fingerprint density at radius 3 is 0.790 bits per heavy atom. The predicted octanol–water partition coefficient (Wildman–Crippen LogP) is 29.2. The number of quaternary nitrogens is 1. The second-order valence-corrected chi connectivity index (χ2v) is 32.3. The van der Waals surface area contributed by atoms with Crippen molar-refractivity contribution in [3.63, 3.8) is 0 Å². The van der Waals surface area contributed by atoms with Crippen molar-refractivity contribution < 1.29 is 42.9 Å². The zero-order valence-corrected chi connectivity index (χ0v) is 68.2. The largest absolute Gasteiger partial charge is 0.477 e. The molecule has 9 heteroatoms. The molecule has 9 nitrogen and oxygen atoms in total. The summed E-state index contributed by atoms with van der Waals surface area (Å²) in [6.07, 6.45) is 104. The lowest BCUT2D eigenvalue weighted by Crippen LogP contribution is -2.40. The third-order valence-electron chi connectivity index (χ3n) is 21.0. The number of allylic oxidation sites excluding steroid dienone is 4. The van der Waals surface area contributed by atoms with Gasteiger partial charge in [0.1, 0.15) is 13.2 Å². The van der Waals surface area contributed by atoms with Crippen molar-refractivity contribution in [1.82, 2.24) is 0 Å². The number of esters is 2. The lowest BCUT2D eigenvalue weighted by atomic mass is 10.0. The summed E-state index contributed by atoms with van der Waals surface area (Å²) in [5.74, 6) is -1.96. The fourth-order valence-corrected chi connectivity index (χ4v) is 14.1. The Morgan fingerprint density at radius 1 is 0.300 bits per heavy atom. The molecule has 0 bridgehead atoms. The summed E-state index contributed by atoms with van der Waals surface area (Å²) in [5, 5.41) is 9.79. The van der Waals surface area contributed by atoms with Gasteiger partial charge in [-0.05, 0) is 44.9 Å². The average Bonchev–Trinajstić information content (AvgIpc) is 1.08. The summed E-state index contributed by atoms with van der Waals surface area (Å²) in [7, 11) is 6.01. The molecule has 0 rings (SSSR count). The summed E-state index contributed by atoms with van der Waals surface area (Å²) in [6, 6.07) is 0. The molecule has 2 unspecified atom stereocenters. The van der Waals surface area contributed by atoms with Gasteiger partial charge in [0.05, 0.1) is 34.4 Å². The lowest BCUT2D eigenvalue weighted by molar-refractivity contribution is -0.870. The van der Waals surface area contributed by atoms with Crippen molar-refractivity contribution >= 4 is 17.9 Å². The SMILES string of the molecule is CCCCCCC/C=C\C/C=C\CCCCCCCCCCCCCCCCCCCCCCCCCCCCCC(=O)OC(COC(=O)CCCCCCCCCCCCCCCCCCCCCCCCCCCCCCCCCCCCCC)COC(OCC[N+](C)(C)C)C(=O)O. The topological polar surface area (TPSA) is 108 Å². The average molecular weight is 1410 g/mol. The Bertz CT molecular complexity index is 1690. The number of rotatable bonds is 86. The smallest absolute Gasteiger partial charge is 0.361 e. The van der Waals surface area contributed by atoms with Crippen molar-refractivity contribution in [1.29, 1.82) is 0 Å². The molecule has 0 amide bonds. The van der Waals surface area contributed by atoms with Crippen molar-refractivity contribution in [2.24, 2.45) is 0 Å². The number of aliphatic carboxylic acids is 1. The highest BCUT2D eigenvalue weighted by atomic mass is 16.7. The van der Waals surface area contributed by atoms with E-state index in [1.54, 1.807) is 0 Å². The molecule has 0 fully saturated rings. The molecule has 0 aliphatic carbocycles. The minimum absolute atomic E-state index is 0.173. The van der Waals surface area contributed by atoms with E-state index in [-0.39, 0.29) is 38.2 Å². The Labute approximate surface area is 624 Å². The summed E-state index contributed by atoms with van der Waals surface area (Å²) >= 11 is 0. The van der Waals surface area contributed by atoms with Crippen LogP contribution >= 0.6 is 0 Å². The van der Waals surface area contributed by atoms with E-state index < -0.39 is 18.4 Å². The Morgan fingerprint density at radius 2 is 0.540 bits per heavy atom. The first kappa shape index (κ1) is 97.8. The van der Waals surface area contributed by atoms with Gasteiger partial charge >= 0.3 is 17.9 Å². The van der Waals surface area contributed by atoms with Crippen LogP contribution in [-0.4, -0.2) is 87.4 Å². The van der Waals surface area contributed by atoms with Gasteiger partial charge in [-0.1, -0.05) is 449 Å². The highest BCUT2D eigenvalue weighted by Crippen LogP contribution is 2.21. The third kappa shape index (κ3) is 83.0. The number of nitrogens with zero attached hydrogens (tertiary/aromatic N) is 1. The monoisotopic (exact) mass is 1410 g/mol. The number of unbranched alkanes of at least 4 members (excludes halogenated alkanes) is 67. The van der Waals surface area contributed by atoms with Crippen molar-refractivity contribution in [3.05, 3.63) is 24.3 Å². The first-order valence-electron chi connectivity index (χ1n) is 45.0. The molecule has 0 spiro atoms. The normalized spacial score (nSPS) is 12.6. The van der Waals surface area contributed by atoms with E-state index in [0.29, 0.717) is 17.4 Å². The second kappa shape index (κ2) is 82.4. The molecular formula is C91H176NO8+. The molecule has 0 aromatic rings. The molecule has 0 aromatic heterocycles. The molecule has 100 heavy (non-hydrogen) atoms. The second-order valence-electron chi connectivity index (χ2n) is 32.3. The maximum atomic E-state index is 13.0. The van der Waals surface area contributed by atoms with Crippen LogP contribution in [0.15, 0.2) is 24.3 Å². The molecule has 0 saturated heterocycles. The number of carbonyl (C=O) groups is 3. The number of hydrogen-bond donors (Lipinski definition) is 1. The molecule has 1 N–H and O–H groups in total. The van der Waals surface area contributed by atoms with E-state index in [1.165, 1.54) is 411 Å². The fourth-order valence-electron chi connectivity index (χ4n) is 14.1. The van der Waals surface area contributed by atoms with E-state index in [9.17, 15) is 19.5 Å². The van der Waals surface area contributed by atoms with E-state index >= 15 is 0 Å². The highest BCUT2D eigenvalue weighted by molar-refractivity contribution is 5.71. The van der Waals surface area contributed by atoms with Gasteiger partial charge < -0.3 is 28.5 Å². The van der Waals surface area contributed by atoms with Gasteiger partial charge in [0.25, 0.3) is 6.29 Å². The standard InChI is InChI=1S/C91H175NO8/c1-6-8-10-12-14-16-18-20-22-24-26-28-30-32-34-36-38-40-42-44-45-46-48-50-52-54-56-58-60-62-64-66-68-70-72-74-76-78-80-82-89(94)100-87(86-99-91(90(95)96)97-84-83-92(3,4)5)85-98-88(93)81-79-77-75-73-71-69-67-65-63-61-59-57-55-53-51-49-47-43-41-39-37-35-33-31-29-27-25-23-21-19-17-15-13-11-9-7-2/h18,20,24,26,87,91H,6-17,19,21-23,25,27-86H2,1-5H3/p+1/b20-18-,26-24-. The molecule has 0 radical (unpaired) electrons.